The molecule has 0 radical (unpaired) electrons. The third-order valence-corrected chi connectivity index (χ3v) is 5.86. The molecule has 0 aromatic heterocycles. The van der Waals surface area contributed by atoms with E-state index in [4.69, 9.17) is 0 Å². The highest BCUT2D eigenvalue weighted by Crippen LogP contribution is 2.35. The fourth-order valence-corrected chi connectivity index (χ4v) is 4.40. The minimum Gasteiger partial charge on any atom is -0.335 e. The Morgan fingerprint density at radius 1 is 1.04 bits per heavy atom. The summed E-state index contributed by atoms with van der Waals surface area (Å²) < 4.78 is 13.3. The summed E-state index contributed by atoms with van der Waals surface area (Å²) >= 11 is 0. The summed E-state index contributed by atoms with van der Waals surface area (Å²) in [6, 6.07) is 14.0. The lowest BCUT2D eigenvalue weighted by Gasteiger charge is -2.38. The number of hydrogen-bond acceptors (Lipinski definition) is 2. The minimum atomic E-state index is -0.465. The van der Waals surface area contributed by atoms with Gasteiger partial charge in [0, 0.05) is 24.7 Å². The highest BCUT2D eigenvalue weighted by atomic mass is 19.1. The first-order chi connectivity index (χ1) is 13.6. The number of nitrogens with one attached hydrogen (secondary N) is 1. The first-order valence-corrected chi connectivity index (χ1v) is 10.1. The van der Waals surface area contributed by atoms with Gasteiger partial charge in [0.2, 0.25) is 11.8 Å². The molecule has 2 aromatic carbocycles. The van der Waals surface area contributed by atoms with Crippen molar-refractivity contribution in [1.29, 1.82) is 0 Å². The van der Waals surface area contributed by atoms with E-state index >= 15 is 0 Å². The monoisotopic (exact) mass is 380 g/mol. The van der Waals surface area contributed by atoms with Gasteiger partial charge in [0.05, 0.1) is 5.92 Å². The number of anilines is 1. The second-order valence-corrected chi connectivity index (χ2v) is 7.78. The fourth-order valence-electron chi connectivity index (χ4n) is 4.40. The van der Waals surface area contributed by atoms with Crippen LogP contribution in [0.2, 0.25) is 0 Å². The fraction of sp³-hybridized carbons (Fsp3) is 0.391. The summed E-state index contributed by atoms with van der Waals surface area (Å²) in [4.78, 5) is 27.8. The molecule has 1 unspecified atom stereocenters. The van der Waals surface area contributed by atoms with Gasteiger partial charge in [0.1, 0.15) is 5.82 Å². The van der Waals surface area contributed by atoms with Gasteiger partial charge in [0.25, 0.3) is 0 Å². The van der Waals surface area contributed by atoms with Crippen molar-refractivity contribution in [2.45, 2.75) is 57.0 Å². The van der Waals surface area contributed by atoms with Crippen molar-refractivity contribution in [3.63, 3.8) is 0 Å². The maximum absolute atomic E-state index is 13.6. The maximum atomic E-state index is 13.6. The molecule has 4 rings (SSSR count). The van der Waals surface area contributed by atoms with Gasteiger partial charge in [-0.25, -0.2) is 4.39 Å². The molecule has 1 aliphatic heterocycles. The number of rotatable bonds is 4. The molecular formula is C23H25FN2O2. The quantitative estimate of drug-likeness (QED) is 0.842. The number of hydrogen-bond donors (Lipinski definition) is 1. The van der Waals surface area contributed by atoms with Gasteiger partial charge in [-0.05, 0) is 42.2 Å². The van der Waals surface area contributed by atoms with Crippen molar-refractivity contribution < 1.29 is 14.0 Å². The van der Waals surface area contributed by atoms with E-state index in [2.05, 4.69) is 5.32 Å². The van der Waals surface area contributed by atoms with Crippen LogP contribution in [0.4, 0.5) is 10.1 Å². The van der Waals surface area contributed by atoms with Gasteiger partial charge in [-0.1, -0.05) is 49.6 Å². The second kappa shape index (κ2) is 8.13. The largest absolute Gasteiger partial charge is 0.335 e. The van der Waals surface area contributed by atoms with E-state index in [1.54, 1.807) is 12.1 Å². The van der Waals surface area contributed by atoms with Crippen LogP contribution in [0.3, 0.4) is 0 Å². The van der Waals surface area contributed by atoms with Gasteiger partial charge in [0.15, 0.2) is 0 Å². The van der Waals surface area contributed by atoms with E-state index in [9.17, 15) is 14.0 Å². The summed E-state index contributed by atoms with van der Waals surface area (Å²) in [7, 11) is 0. The lowest BCUT2D eigenvalue weighted by molar-refractivity contribution is -0.138. The molecule has 4 nitrogen and oxygen atoms in total. The normalized spacial score (nSPS) is 19.6. The maximum Gasteiger partial charge on any atom is 0.231 e. The molecule has 0 spiro atoms. The van der Waals surface area contributed by atoms with Crippen molar-refractivity contribution in [3.8, 4) is 0 Å². The van der Waals surface area contributed by atoms with Crippen LogP contribution >= 0.6 is 0 Å². The van der Waals surface area contributed by atoms with Crippen molar-refractivity contribution in [3.05, 3.63) is 65.5 Å². The number of carbonyl (C=O) groups excluding carboxylic acids is 2. The molecule has 2 aromatic rings. The standard InChI is InChI=1S/C23H25FN2O2/c24-17-12-10-16(11-13-17)15-26(18-6-2-1-3-7-18)23(28)20-14-22(27)25-21-9-5-4-8-19(20)21/h4-5,8-13,18,20H,1-3,6-7,14-15H2,(H,25,27). The Balaban J connectivity index is 1.64. The first kappa shape index (κ1) is 18.7. The van der Waals surface area contributed by atoms with Crippen LogP contribution in [0.5, 0.6) is 0 Å². The van der Waals surface area contributed by atoms with Gasteiger partial charge in [-0.2, -0.15) is 0 Å². The van der Waals surface area contributed by atoms with E-state index < -0.39 is 5.92 Å². The van der Waals surface area contributed by atoms with Gasteiger partial charge < -0.3 is 10.2 Å². The van der Waals surface area contributed by atoms with Crippen molar-refractivity contribution >= 4 is 17.5 Å². The molecule has 28 heavy (non-hydrogen) atoms. The van der Waals surface area contributed by atoms with Crippen LogP contribution in [-0.2, 0) is 16.1 Å². The molecule has 0 bridgehead atoms. The van der Waals surface area contributed by atoms with Crippen LogP contribution in [0.1, 0.15) is 55.6 Å². The average Bonchev–Trinajstić information content (AvgIpc) is 2.73. The molecule has 146 valence electrons. The van der Waals surface area contributed by atoms with Gasteiger partial charge in [-0.15, -0.1) is 0 Å². The van der Waals surface area contributed by atoms with E-state index in [-0.39, 0.29) is 30.1 Å². The Labute approximate surface area is 164 Å². The Morgan fingerprint density at radius 3 is 2.50 bits per heavy atom. The van der Waals surface area contributed by atoms with Gasteiger partial charge in [-0.3, -0.25) is 9.59 Å². The number of nitrogens with zero attached hydrogens (tertiary/aromatic N) is 1. The molecule has 1 heterocycles. The molecule has 2 aliphatic rings. The van der Waals surface area contributed by atoms with Crippen LogP contribution in [0, 0.1) is 5.82 Å². The zero-order valence-corrected chi connectivity index (χ0v) is 15.9. The Morgan fingerprint density at radius 2 is 1.75 bits per heavy atom. The number of fused-ring (bicyclic) bond motifs is 1. The predicted molar refractivity (Wildman–Crippen MR) is 106 cm³/mol. The summed E-state index contributed by atoms with van der Waals surface area (Å²) in [5, 5.41) is 2.87. The zero-order chi connectivity index (χ0) is 19.5. The Hall–Kier alpha value is -2.69. The molecular weight excluding hydrogens is 355 g/mol. The molecule has 1 N–H and O–H groups in total. The SMILES string of the molecule is O=C1CC(C(=O)N(Cc2ccc(F)cc2)C2CCCCC2)c2ccccc2N1. The zero-order valence-electron chi connectivity index (χ0n) is 15.9. The predicted octanol–water partition coefficient (Wildman–Crippen LogP) is 4.61. The van der Waals surface area contributed by atoms with Crippen LogP contribution in [0.25, 0.3) is 0 Å². The third-order valence-electron chi connectivity index (χ3n) is 5.86. The topological polar surface area (TPSA) is 49.4 Å². The average molecular weight is 380 g/mol. The van der Waals surface area contributed by atoms with Crippen LogP contribution in [-0.4, -0.2) is 22.8 Å². The summed E-state index contributed by atoms with van der Waals surface area (Å²) in [6.07, 6.45) is 5.55. The number of para-hydroxylation sites is 1. The van der Waals surface area contributed by atoms with Crippen molar-refractivity contribution in [1.82, 2.24) is 4.90 Å². The van der Waals surface area contributed by atoms with Gasteiger partial charge >= 0.3 is 0 Å². The van der Waals surface area contributed by atoms with E-state index in [1.807, 2.05) is 29.2 Å². The van der Waals surface area contributed by atoms with Crippen LogP contribution < -0.4 is 5.32 Å². The lowest BCUT2D eigenvalue weighted by Crippen LogP contribution is -2.45. The molecule has 2 amide bonds. The molecule has 1 aliphatic carbocycles. The Kier molecular flexibility index (Phi) is 5.42. The summed E-state index contributed by atoms with van der Waals surface area (Å²) in [5.41, 5.74) is 2.52. The van der Waals surface area contributed by atoms with E-state index in [0.717, 1.165) is 42.5 Å². The lowest BCUT2D eigenvalue weighted by atomic mass is 9.87. The number of halogens is 1. The number of benzene rings is 2. The summed E-state index contributed by atoms with van der Waals surface area (Å²) in [6.45, 7) is 0.448. The van der Waals surface area contributed by atoms with Crippen molar-refractivity contribution in [2.75, 3.05) is 5.32 Å². The second-order valence-electron chi connectivity index (χ2n) is 7.78. The molecule has 0 saturated heterocycles. The molecule has 1 saturated carbocycles. The minimum absolute atomic E-state index is 0.00137. The highest BCUT2D eigenvalue weighted by molar-refractivity contribution is 6.01. The van der Waals surface area contributed by atoms with Crippen LogP contribution in [0.15, 0.2) is 48.5 Å². The summed E-state index contributed by atoms with van der Waals surface area (Å²) in [5.74, 6) is -0.870. The third kappa shape index (κ3) is 3.93. The molecule has 1 fully saturated rings. The molecule has 5 heteroatoms. The van der Waals surface area contributed by atoms with E-state index in [1.165, 1.54) is 18.6 Å². The first-order valence-electron chi connectivity index (χ1n) is 10.1. The van der Waals surface area contributed by atoms with Crippen molar-refractivity contribution in [2.24, 2.45) is 0 Å². The number of carbonyl (C=O) groups is 2. The smallest absolute Gasteiger partial charge is 0.231 e. The number of amides is 2. The Bertz CT molecular complexity index is 859. The highest BCUT2D eigenvalue weighted by Gasteiger charge is 2.36. The molecule has 1 atom stereocenters. The van der Waals surface area contributed by atoms with E-state index in [0.29, 0.717) is 6.54 Å².